The number of carbonyl (C=O) groups excluding carboxylic acids is 1. The SMILES string of the molecule is O=C([C@H]1CCOC1)N1CCC[C@H]1c1ccccc1C(F)(F)F. The molecule has 2 aliphatic heterocycles. The van der Waals surface area contributed by atoms with E-state index in [1.165, 1.54) is 12.1 Å². The molecular weight excluding hydrogens is 295 g/mol. The zero-order valence-electron chi connectivity index (χ0n) is 12.1. The molecule has 0 N–H and O–H groups in total. The molecule has 1 amide bonds. The highest BCUT2D eigenvalue weighted by molar-refractivity contribution is 5.80. The highest BCUT2D eigenvalue weighted by Gasteiger charge is 2.40. The van der Waals surface area contributed by atoms with Gasteiger partial charge in [-0.25, -0.2) is 0 Å². The maximum atomic E-state index is 13.2. The molecule has 0 spiro atoms. The largest absolute Gasteiger partial charge is 0.416 e. The van der Waals surface area contributed by atoms with Crippen molar-refractivity contribution in [3.63, 3.8) is 0 Å². The summed E-state index contributed by atoms with van der Waals surface area (Å²) in [6.07, 6.45) is -2.43. The molecule has 2 atom stereocenters. The quantitative estimate of drug-likeness (QED) is 0.837. The molecule has 3 nitrogen and oxygen atoms in total. The van der Waals surface area contributed by atoms with Crippen molar-refractivity contribution < 1.29 is 22.7 Å². The zero-order valence-corrected chi connectivity index (χ0v) is 12.1. The fraction of sp³-hybridized carbons (Fsp3) is 0.562. The molecule has 2 heterocycles. The van der Waals surface area contributed by atoms with E-state index < -0.39 is 17.8 Å². The highest BCUT2D eigenvalue weighted by Crippen LogP contribution is 2.41. The van der Waals surface area contributed by atoms with Gasteiger partial charge in [0.05, 0.1) is 24.1 Å². The van der Waals surface area contributed by atoms with Crippen LogP contribution in [0.15, 0.2) is 24.3 Å². The number of benzene rings is 1. The summed E-state index contributed by atoms with van der Waals surface area (Å²) >= 11 is 0. The summed E-state index contributed by atoms with van der Waals surface area (Å²) in [6, 6.07) is 5.09. The summed E-state index contributed by atoms with van der Waals surface area (Å²) < 4.78 is 44.9. The predicted molar refractivity (Wildman–Crippen MR) is 74.1 cm³/mol. The number of halogens is 3. The molecule has 0 radical (unpaired) electrons. The molecule has 2 aliphatic rings. The van der Waals surface area contributed by atoms with Crippen LogP contribution in [0.5, 0.6) is 0 Å². The molecule has 22 heavy (non-hydrogen) atoms. The lowest BCUT2D eigenvalue weighted by Crippen LogP contribution is -2.36. The molecule has 3 rings (SSSR count). The number of likely N-dealkylation sites (tertiary alicyclic amines) is 1. The van der Waals surface area contributed by atoms with Gasteiger partial charge in [0.25, 0.3) is 0 Å². The first-order valence-corrected chi connectivity index (χ1v) is 7.53. The Balaban J connectivity index is 1.89. The van der Waals surface area contributed by atoms with E-state index in [1.54, 1.807) is 11.0 Å². The maximum absolute atomic E-state index is 13.2. The Hall–Kier alpha value is -1.56. The molecule has 120 valence electrons. The molecule has 1 aromatic rings. The van der Waals surface area contributed by atoms with Gasteiger partial charge in [0, 0.05) is 13.2 Å². The van der Waals surface area contributed by atoms with Gasteiger partial charge in [-0.2, -0.15) is 13.2 Å². The van der Waals surface area contributed by atoms with E-state index in [0.717, 1.165) is 12.5 Å². The van der Waals surface area contributed by atoms with Crippen molar-refractivity contribution in [3.05, 3.63) is 35.4 Å². The molecule has 2 saturated heterocycles. The molecule has 0 aliphatic carbocycles. The van der Waals surface area contributed by atoms with Gasteiger partial charge >= 0.3 is 6.18 Å². The van der Waals surface area contributed by atoms with Crippen molar-refractivity contribution in [2.75, 3.05) is 19.8 Å². The standard InChI is InChI=1S/C16H18F3NO2/c17-16(18,19)13-5-2-1-4-12(13)14-6-3-8-20(14)15(21)11-7-9-22-10-11/h1-2,4-5,11,14H,3,6-10H2/t11-,14-/m0/s1. The van der Waals surface area contributed by atoms with Crippen molar-refractivity contribution in [1.82, 2.24) is 4.90 Å². The van der Waals surface area contributed by atoms with Gasteiger partial charge in [-0.15, -0.1) is 0 Å². The Labute approximate surface area is 127 Å². The summed E-state index contributed by atoms with van der Waals surface area (Å²) in [5.74, 6) is -0.282. The average molecular weight is 313 g/mol. The van der Waals surface area contributed by atoms with E-state index in [0.29, 0.717) is 32.6 Å². The van der Waals surface area contributed by atoms with Gasteiger partial charge in [-0.1, -0.05) is 18.2 Å². The number of amides is 1. The minimum atomic E-state index is -4.40. The number of hydrogen-bond donors (Lipinski definition) is 0. The zero-order chi connectivity index (χ0) is 15.7. The third-order valence-electron chi connectivity index (χ3n) is 4.44. The van der Waals surface area contributed by atoms with Gasteiger partial charge in [0.15, 0.2) is 0 Å². The fourth-order valence-corrected chi connectivity index (χ4v) is 3.36. The van der Waals surface area contributed by atoms with Crippen molar-refractivity contribution in [2.24, 2.45) is 5.92 Å². The van der Waals surface area contributed by atoms with Crippen LogP contribution in [0.3, 0.4) is 0 Å². The molecule has 0 unspecified atom stereocenters. The molecule has 6 heteroatoms. The van der Waals surface area contributed by atoms with Gasteiger partial charge in [-0.3, -0.25) is 4.79 Å². The molecular formula is C16H18F3NO2. The third-order valence-corrected chi connectivity index (χ3v) is 4.44. The van der Waals surface area contributed by atoms with Crippen LogP contribution in [-0.2, 0) is 15.7 Å². The topological polar surface area (TPSA) is 29.5 Å². The number of alkyl halides is 3. The highest BCUT2D eigenvalue weighted by atomic mass is 19.4. The van der Waals surface area contributed by atoms with Crippen LogP contribution in [0, 0.1) is 5.92 Å². The normalized spacial score (nSPS) is 25.7. The maximum Gasteiger partial charge on any atom is 0.416 e. The number of nitrogens with zero attached hydrogens (tertiary/aromatic N) is 1. The first-order chi connectivity index (χ1) is 10.5. The van der Waals surface area contributed by atoms with Crippen LogP contribution in [0.1, 0.15) is 36.4 Å². The van der Waals surface area contributed by atoms with E-state index >= 15 is 0 Å². The molecule has 1 aromatic carbocycles. The second-order valence-electron chi connectivity index (χ2n) is 5.84. The van der Waals surface area contributed by atoms with E-state index in [4.69, 9.17) is 4.74 Å². The fourth-order valence-electron chi connectivity index (χ4n) is 3.36. The van der Waals surface area contributed by atoms with Crippen molar-refractivity contribution >= 4 is 5.91 Å². The summed E-state index contributed by atoms with van der Waals surface area (Å²) in [7, 11) is 0. The molecule has 2 fully saturated rings. The lowest BCUT2D eigenvalue weighted by Gasteiger charge is -2.29. The first kappa shape index (κ1) is 15.3. The Morgan fingerprint density at radius 1 is 1.23 bits per heavy atom. The lowest BCUT2D eigenvalue weighted by atomic mass is 9.97. The molecule has 0 aromatic heterocycles. The average Bonchev–Trinajstić information content (AvgIpc) is 3.17. The Morgan fingerprint density at radius 3 is 2.68 bits per heavy atom. The Kier molecular flexibility index (Phi) is 4.12. The van der Waals surface area contributed by atoms with Crippen LogP contribution in [0.4, 0.5) is 13.2 Å². The molecule has 0 saturated carbocycles. The van der Waals surface area contributed by atoms with Crippen molar-refractivity contribution in [2.45, 2.75) is 31.5 Å². The van der Waals surface area contributed by atoms with Crippen LogP contribution in [-0.4, -0.2) is 30.6 Å². The molecule has 0 bridgehead atoms. The van der Waals surface area contributed by atoms with Crippen molar-refractivity contribution in [1.29, 1.82) is 0 Å². The number of hydrogen-bond acceptors (Lipinski definition) is 2. The summed E-state index contributed by atoms with van der Waals surface area (Å²) in [4.78, 5) is 14.2. The van der Waals surface area contributed by atoms with Gasteiger partial charge in [0.2, 0.25) is 5.91 Å². The van der Waals surface area contributed by atoms with E-state index in [-0.39, 0.29) is 17.4 Å². The van der Waals surface area contributed by atoms with Gasteiger partial charge in [0.1, 0.15) is 0 Å². The van der Waals surface area contributed by atoms with E-state index in [2.05, 4.69) is 0 Å². The second-order valence-corrected chi connectivity index (χ2v) is 5.84. The van der Waals surface area contributed by atoms with Crippen LogP contribution in [0.25, 0.3) is 0 Å². The van der Waals surface area contributed by atoms with Crippen LogP contribution >= 0.6 is 0 Å². The van der Waals surface area contributed by atoms with Gasteiger partial charge in [-0.05, 0) is 30.9 Å². The summed E-state index contributed by atoms with van der Waals surface area (Å²) in [6.45, 7) is 1.45. The number of rotatable bonds is 2. The third kappa shape index (κ3) is 2.84. The number of carbonyl (C=O) groups is 1. The summed E-state index contributed by atoms with van der Waals surface area (Å²) in [5, 5.41) is 0. The lowest BCUT2D eigenvalue weighted by molar-refractivity contribution is -0.141. The predicted octanol–water partition coefficient (Wildman–Crippen LogP) is 3.41. The van der Waals surface area contributed by atoms with Crippen LogP contribution in [0.2, 0.25) is 0 Å². The van der Waals surface area contributed by atoms with E-state index in [9.17, 15) is 18.0 Å². The van der Waals surface area contributed by atoms with Crippen LogP contribution < -0.4 is 0 Å². The minimum absolute atomic E-state index is 0.0722. The van der Waals surface area contributed by atoms with Gasteiger partial charge < -0.3 is 9.64 Å². The smallest absolute Gasteiger partial charge is 0.381 e. The Bertz CT molecular complexity index is 553. The van der Waals surface area contributed by atoms with Crippen molar-refractivity contribution in [3.8, 4) is 0 Å². The Morgan fingerprint density at radius 2 is 2.00 bits per heavy atom. The summed E-state index contributed by atoms with van der Waals surface area (Å²) in [5.41, 5.74) is -0.429. The monoisotopic (exact) mass is 313 g/mol. The second kappa shape index (κ2) is 5.91. The number of ether oxygens (including phenoxy) is 1. The minimum Gasteiger partial charge on any atom is -0.381 e. The first-order valence-electron chi connectivity index (χ1n) is 7.53. The van der Waals surface area contributed by atoms with E-state index in [1.807, 2.05) is 0 Å².